The molecule has 0 amide bonds. The van der Waals surface area contributed by atoms with E-state index >= 15 is 0 Å². The fourth-order valence-corrected chi connectivity index (χ4v) is 2.92. The topological polar surface area (TPSA) is 60.0 Å². The number of benzene rings is 1. The van der Waals surface area contributed by atoms with Gasteiger partial charge in [0.05, 0.1) is 31.9 Å². The van der Waals surface area contributed by atoms with Crippen LogP contribution in [-0.4, -0.2) is 43.4 Å². The molecule has 1 aliphatic rings. The van der Waals surface area contributed by atoms with E-state index in [1.54, 1.807) is 25.2 Å². The van der Waals surface area contributed by atoms with Crippen LogP contribution in [0.1, 0.15) is 32.4 Å². The Bertz CT molecular complexity index is 715. The molecule has 1 atom stereocenters. The Kier molecular flexibility index (Phi) is 5.89. The highest BCUT2D eigenvalue weighted by Crippen LogP contribution is 2.37. The summed E-state index contributed by atoms with van der Waals surface area (Å²) >= 11 is 5.40. The first kappa shape index (κ1) is 19.1. The Balaban J connectivity index is 2.57. The van der Waals surface area contributed by atoms with Crippen molar-refractivity contribution in [2.45, 2.75) is 32.9 Å². The Hall–Kier alpha value is -2.28. The summed E-state index contributed by atoms with van der Waals surface area (Å²) in [6.07, 6.45) is -0.217. The lowest BCUT2D eigenvalue weighted by Gasteiger charge is -2.36. The molecule has 0 fully saturated rings. The summed E-state index contributed by atoms with van der Waals surface area (Å²) < 4.78 is 16.2. The SMILES string of the molecule is COc1ccc(C2NC(=S)N(C)C(C)=C2C(=O)OC(C)C)c(OC)c1. The average molecular weight is 364 g/mol. The summed E-state index contributed by atoms with van der Waals surface area (Å²) in [6, 6.07) is 5.00. The van der Waals surface area contributed by atoms with E-state index in [1.165, 1.54) is 0 Å². The fourth-order valence-electron chi connectivity index (χ4n) is 2.67. The number of carbonyl (C=O) groups excluding carboxylic acids is 1. The maximum absolute atomic E-state index is 12.7. The second kappa shape index (κ2) is 7.74. The predicted molar refractivity (Wildman–Crippen MR) is 99.7 cm³/mol. The van der Waals surface area contributed by atoms with Crippen molar-refractivity contribution in [2.75, 3.05) is 21.3 Å². The molecule has 0 aromatic heterocycles. The van der Waals surface area contributed by atoms with Crippen LogP contribution in [0.4, 0.5) is 0 Å². The summed E-state index contributed by atoms with van der Waals surface area (Å²) in [5.41, 5.74) is 2.04. The molecule has 25 heavy (non-hydrogen) atoms. The van der Waals surface area contributed by atoms with Crippen LogP contribution in [-0.2, 0) is 9.53 Å². The van der Waals surface area contributed by atoms with Crippen LogP contribution in [0.25, 0.3) is 0 Å². The summed E-state index contributed by atoms with van der Waals surface area (Å²) in [5.74, 6) is 0.896. The highest BCUT2D eigenvalue weighted by atomic mass is 32.1. The smallest absolute Gasteiger partial charge is 0.338 e. The van der Waals surface area contributed by atoms with Crippen LogP contribution in [0.5, 0.6) is 11.5 Å². The zero-order valence-electron chi connectivity index (χ0n) is 15.4. The minimum Gasteiger partial charge on any atom is -0.497 e. The number of thiocarbonyl (C=S) groups is 1. The summed E-state index contributed by atoms with van der Waals surface area (Å²) in [4.78, 5) is 14.5. The normalized spacial score (nSPS) is 17.5. The van der Waals surface area contributed by atoms with Crippen molar-refractivity contribution < 1.29 is 19.0 Å². The third-order valence-electron chi connectivity index (χ3n) is 4.07. The van der Waals surface area contributed by atoms with Crippen molar-refractivity contribution in [2.24, 2.45) is 0 Å². The number of ether oxygens (including phenoxy) is 3. The van der Waals surface area contributed by atoms with E-state index in [1.807, 2.05) is 40.0 Å². The van der Waals surface area contributed by atoms with Crippen LogP contribution < -0.4 is 14.8 Å². The zero-order valence-corrected chi connectivity index (χ0v) is 16.2. The molecule has 1 aromatic carbocycles. The molecule has 0 radical (unpaired) electrons. The number of nitrogens with zero attached hydrogens (tertiary/aromatic N) is 1. The van der Waals surface area contributed by atoms with Crippen LogP contribution in [0.15, 0.2) is 29.5 Å². The van der Waals surface area contributed by atoms with Gasteiger partial charge in [-0.3, -0.25) is 0 Å². The molecular weight excluding hydrogens is 340 g/mol. The first-order valence-electron chi connectivity index (χ1n) is 7.98. The third-order valence-corrected chi connectivity index (χ3v) is 4.46. The number of carbonyl (C=O) groups is 1. The van der Waals surface area contributed by atoms with E-state index < -0.39 is 6.04 Å². The molecule has 1 unspecified atom stereocenters. The average Bonchev–Trinajstić information content (AvgIpc) is 2.57. The van der Waals surface area contributed by atoms with E-state index in [0.717, 1.165) is 11.3 Å². The maximum Gasteiger partial charge on any atom is 0.338 e. The lowest BCUT2D eigenvalue weighted by molar-refractivity contribution is -0.143. The molecule has 0 saturated carbocycles. The quantitative estimate of drug-likeness (QED) is 0.637. The summed E-state index contributed by atoms with van der Waals surface area (Å²) in [5, 5.41) is 3.74. The molecule has 1 heterocycles. The van der Waals surface area contributed by atoms with Gasteiger partial charge in [-0.25, -0.2) is 4.79 Å². The Morgan fingerprint density at radius 1 is 1.28 bits per heavy atom. The molecule has 1 N–H and O–H groups in total. The number of esters is 1. The number of hydrogen-bond acceptors (Lipinski definition) is 5. The molecule has 0 aliphatic carbocycles. The van der Waals surface area contributed by atoms with Gasteiger partial charge in [-0.05, 0) is 45.1 Å². The number of rotatable bonds is 5. The number of hydrogen-bond donors (Lipinski definition) is 1. The van der Waals surface area contributed by atoms with Gasteiger partial charge in [0.15, 0.2) is 5.11 Å². The van der Waals surface area contributed by atoms with Crippen molar-refractivity contribution >= 4 is 23.3 Å². The molecule has 0 saturated heterocycles. The molecule has 2 rings (SSSR count). The molecule has 1 aromatic rings. The highest BCUT2D eigenvalue weighted by Gasteiger charge is 2.35. The van der Waals surface area contributed by atoms with E-state index in [2.05, 4.69) is 5.32 Å². The fraction of sp³-hybridized carbons (Fsp3) is 0.444. The molecule has 7 heteroatoms. The molecule has 136 valence electrons. The highest BCUT2D eigenvalue weighted by molar-refractivity contribution is 7.80. The lowest BCUT2D eigenvalue weighted by Crippen LogP contribution is -2.46. The number of nitrogens with one attached hydrogen (secondary N) is 1. The van der Waals surface area contributed by atoms with Gasteiger partial charge in [-0.2, -0.15) is 0 Å². The molecule has 6 nitrogen and oxygen atoms in total. The van der Waals surface area contributed by atoms with Crippen LogP contribution in [0.3, 0.4) is 0 Å². The van der Waals surface area contributed by atoms with Crippen molar-refractivity contribution in [3.05, 3.63) is 35.0 Å². The first-order chi connectivity index (χ1) is 11.8. The van der Waals surface area contributed by atoms with Crippen molar-refractivity contribution in [1.82, 2.24) is 10.2 Å². The number of methoxy groups -OCH3 is 2. The molecular formula is C18H24N2O4S. The van der Waals surface area contributed by atoms with Crippen molar-refractivity contribution in [1.29, 1.82) is 0 Å². The monoisotopic (exact) mass is 364 g/mol. The minimum atomic E-state index is -0.462. The standard InChI is InChI=1S/C18H24N2O4S/c1-10(2)24-17(21)15-11(3)20(4)18(25)19-16(15)13-8-7-12(22-5)9-14(13)23-6/h7-10,16H,1-6H3,(H,19,25). The minimum absolute atomic E-state index is 0.217. The van der Waals surface area contributed by atoms with Gasteiger partial charge in [0, 0.05) is 24.4 Å². The summed E-state index contributed by atoms with van der Waals surface area (Å²) in [7, 11) is 4.98. The summed E-state index contributed by atoms with van der Waals surface area (Å²) in [6.45, 7) is 5.50. The molecule has 0 bridgehead atoms. The van der Waals surface area contributed by atoms with Gasteiger partial charge in [-0.15, -0.1) is 0 Å². The number of allylic oxidation sites excluding steroid dienone is 1. The van der Waals surface area contributed by atoms with E-state index in [0.29, 0.717) is 22.2 Å². The first-order valence-corrected chi connectivity index (χ1v) is 8.38. The zero-order chi connectivity index (χ0) is 18.7. The Morgan fingerprint density at radius 2 is 1.96 bits per heavy atom. The van der Waals surface area contributed by atoms with E-state index in [-0.39, 0.29) is 12.1 Å². The van der Waals surface area contributed by atoms with Crippen molar-refractivity contribution in [3.63, 3.8) is 0 Å². The van der Waals surface area contributed by atoms with Gasteiger partial charge in [0.25, 0.3) is 0 Å². The van der Waals surface area contributed by atoms with E-state index in [9.17, 15) is 4.79 Å². The van der Waals surface area contributed by atoms with Crippen LogP contribution in [0.2, 0.25) is 0 Å². The van der Waals surface area contributed by atoms with Gasteiger partial charge in [-0.1, -0.05) is 0 Å². The van der Waals surface area contributed by atoms with Gasteiger partial charge in [0.2, 0.25) is 0 Å². The lowest BCUT2D eigenvalue weighted by atomic mass is 9.94. The molecule has 0 spiro atoms. The van der Waals surface area contributed by atoms with Crippen LogP contribution >= 0.6 is 12.2 Å². The van der Waals surface area contributed by atoms with Gasteiger partial charge < -0.3 is 24.4 Å². The predicted octanol–water partition coefficient (Wildman–Crippen LogP) is 2.79. The Labute approximate surface area is 153 Å². The second-order valence-electron chi connectivity index (χ2n) is 6.00. The van der Waals surface area contributed by atoms with Gasteiger partial charge >= 0.3 is 5.97 Å². The van der Waals surface area contributed by atoms with E-state index in [4.69, 9.17) is 26.4 Å². The second-order valence-corrected chi connectivity index (χ2v) is 6.39. The maximum atomic E-state index is 12.7. The largest absolute Gasteiger partial charge is 0.497 e. The molecule has 1 aliphatic heterocycles. The van der Waals surface area contributed by atoms with Crippen LogP contribution in [0, 0.1) is 0 Å². The van der Waals surface area contributed by atoms with Gasteiger partial charge in [0.1, 0.15) is 11.5 Å². The van der Waals surface area contributed by atoms with Crippen molar-refractivity contribution in [3.8, 4) is 11.5 Å². The third kappa shape index (κ3) is 3.87. The Morgan fingerprint density at radius 3 is 2.52 bits per heavy atom.